The summed E-state index contributed by atoms with van der Waals surface area (Å²) in [5.74, 6) is 1.75. The molecule has 28 heavy (non-hydrogen) atoms. The van der Waals surface area contributed by atoms with Gasteiger partial charge in [-0.3, -0.25) is 4.57 Å². The van der Waals surface area contributed by atoms with Crippen LogP contribution < -0.4 is 20.1 Å². The van der Waals surface area contributed by atoms with Crippen molar-refractivity contribution >= 4 is 18.0 Å². The minimum atomic E-state index is -3.22. The molecular formula is C23H29O4P. The van der Waals surface area contributed by atoms with Gasteiger partial charge in [0.2, 0.25) is 0 Å². The lowest BCUT2D eigenvalue weighted by Crippen LogP contribution is -2.17. The minimum Gasteiger partial charge on any atom is -0.494 e. The lowest BCUT2D eigenvalue weighted by molar-refractivity contribution is 0.124. The maximum Gasteiger partial charge on any atom is 0.265 e. The first-order valence-corrected chi connectivity index (χ1v) is 12.1. The summed E-state index contributed by atoms with van der Waals surface area (Å²) in [6.45, 7) is 4.95. The van der Waals surface area contributed by atoms with Crippen LogP contribution in [0.3, 0.4) is 0 Å². The molecule has 1 aliphatic carbocycles. The Kier molecular flexibility index (Phi) is 5.80. The van der Waals surface area contributed by atoms with Crippen LogP contribution in [0.5, 0.6) is 11.5 Å². The average Bonchev–Trinajstić information content (AvgIpc) is 3.03. The molecule has 0 amide bonds. The van der Waals surface area contributed by atoms with Crippen LogP contribution in [0.15, 0.2) is 42.5 Å². The van der Waals surface area contributed by atoms with E-state index in [2.05, 4.69) is 6.07 Å². The van der Waals surface area contributed by atoms with Gasteiger partial charge in [0.15, 0.2) is 0 Å². The fraction of sp³-hybridized carbons (Fsp3) is 0.478. The van der Waals surface area contributed by atoms with Crippen LogP contribution >= 0.6 is 7.37 Å². The van der Waals surface area contributed by atoms with Crippen LogP contribution in [0.1, 0.15) is 57.6 Å². The smallest absolute Gasteiger partial charge is 0.265 e. The first kappa shape index (κ1) is 19.5. The second-order valence-electron chi connectivity index (χ2n) is 7.53. The molecule has 0 N–H and O–H groups in total. The molecule has 2 aromatic rings. The fourth-order valence-electron chi connectivity index (χ4n) is 4.50. The first-order chi connectivity index (χ1) is 13.7. The average molecular weight is 400 g/mol. The van der Waals surface area contributed by atoms with E-state index in [1.807, 2.05) is 50.2 Å². The van der Waals surface area contributed by atoms with Crippen molar-refractivity contribution in [1.29, 1.82) is 0 Å². The quantitative estimate of drug-likeness (QED) is 0.612. The van der Waals surface area contributed by atoms with E-state index in [4.69, 9.17) is 14.0 Å². The summed E-state index contributed by atoms with van der Waals surface area (Å²) in [6.07, 6.45) is 5.93. The third-order valence-electron chi connectivity index (χ3n) is 5.76. The molecule has 150 valence electrons. The van der Waals surface area contributed by atoms with Gasteiger partial charge in [0.1, 0.15) is 11.5 Å². The lowest BCUT2D eigenvalue weighted by atomic mass is 9.83. The maximum absolute atomic E-state index is 14.3. The van der Waals surface area contributed by atoms with Crippen LogP contribution in [-0.4, -0.2) is 13.2 Å². The van der Waals surface area contributed by atoms with E-state index in [-0.39, 0.29) is 6.10 Å². The molecule has 0 radical (unpaired) electrons. The van der Waals surface area contributed by atoms with E-state index in [0.29, 0.717) is 30.2 Å². The zero-order chi connectivity index (χ0) is 19.6. The van der Waals surface area contributed by atoms with Gasteiger partial charge in [-0.15, -0.1) is 0 Å². The third kappa shape index (κ3) is 3.49. The zero-order valence-corrected chi connectivity index (χ0v) is 17.6. The Hall–Kier alpha value is -1.77. The molecule has 1 heterocycles. The Labute approximate surface area is 167 Å². The summed E-state index contributed by atoms with van der Waals surface area (Å²) < 4.78 is 32.3. The molecule has 4 nitrogen and oxygen atoms in total. The van der Waals surface area contributed by atoms with Crippen LogP contribution in [0, 0.1) is 5.92 Å². The Balaban J connectivity index is 1.78. The maximum atomic E-state index is 14.3. The van der Waals surface area contributed by atoms with Crippen LogP contribution in [0.2, 0.25) is 0 Å². The summed E-state index contributed by atoms with van der Waals surface area (Å²) in [4.78, 5) is 0. The fourth-order valence-corrected chi connectivity index (χ4v) is 7.10. The van der Waals surface area contributed by atoms with Gasteiger partial charge in [0.05, 0.1) is 24.6 Å². The largest absolute Gasteiger partial charge is 0.494 e. The highest BCUT2D eigenvalue weighted by Gasteiger charge is 2.46. The number of rotatable bonds is 6. The standard InChI is InChI=1S/C23H29O4P/c1-3-25-18-14-15-22(20(16-18)26-4-2)28(24)21-13-9-8-12-19(21)23(27-28)17-10-6-5-7-11-17/h8-9,12-17,23H,3-7,10-11H2,1-2H3. The molecule has 1 aliphatic heterocycles. The molecule has 5 heteroatoms. The normalized spacial score (nSPS) is 24.7. The Bertz CT molecular complexity index is 873. The van der Waals surface area contributed by atoms with Gasteiger partial charge in [-0.25, -0.2) is 0 Å². The molecule has 1 saturated carbocycles. The number of benzene rings is 2. The number of fused-ring (bicyclic) bond motifs is 1. The van der Waals surface area contributed by atoms with Crippen molar-refractivity contribution in [2.45, 2.75) is 52.1 Å². The van der Waals surface area contributed by atoms with Crippen molar-refractivity contribution in [1.82, 2.24) is 0 Å². The van der Waals surface area contributed by atoms with Gasteiger partial charge in [-0.2, -0.15) is 0 Å². The van der Waals surface area contributed by atoms with E-state index < -0.39 is 7.37 Å². The lowest BCUT2D eigenvalue weighted by Gasteiger charge is -2.28. The SMILES string of the molecule is CCOc1ccc(P2(=O)OC(C3CCCCC3)c3ccccc32)c(OCC)c1. The van der Waals surface area contributed by atoms with Crippen LogP contribution in [-0.2, 0) is 9.09 Å². The highest BCUT2D eigenvalue weighted by Crippen LogP contribution is 2.60. The van der Waals surface area contributed by atoms with E-state index in [1.54, 1.807) is 0 Å². The van der Waals surface area contributed by atoms with Crippen molar-refractivity contribution in [3.8, 4) is 11.5 Å². The first-order valence-electron chi connectivity index (χ1n) is 10.5. The predicted octanol–water partition coefficient (Wildman–Crippen LogP) is 5.36. The summed E-state index contributed by atoms with van der Waals surface area (Å²) in [5, 5.41) is 1.47. The van der Waals surface area contributed by atoms with E-state index in [9.17, 15) is 4.57 Å². The highest BCUT2D eigenvalue weighted by atomic mass is 31.2. The summed E-state index contributed by atoms with van der Waals surface area (Å²) >= 11 is 0. The van der Waals surface area contributed by atoms with E-state index >= 15 is 0 Å². The van der Waals surface area contributed by atoms with Crippen molar-refractivity contribution in [3.63, 3.8) is 0 Å². The Morgan fingerprint density at radius 2 is 1.71 bits per heavy atom. The number of ether oxygens (including phenoxy) is 2. The van der Waals surface area contributed by atoms with Gasteiger partial charge in [-0.05, 0) is 56.4 Å². The number of hydrogen-bond acceptors (Lipinski definition) is 4. The van der Waals surface area contributed by atoms with E-state index in [1.165, 1.54) is 19.3 Å². The van der Waals surface area contributed by atoms with Gasteiger partial charge in [-0.1, -0.05) is 37.5 Å². The molecular weight excluding hydrogens is 371 g/mol. The molecule has 0 spiro atoms. The van der Waals surface area contributed by atoms with Gasteiger partial charge < -0.3 is 14.0 Å². The molecule has 2 unspecified atom stereocenters. The van der Waals surface area contributed by atoms with Gasteiger partial charge >= 0.3 is 0 Å². The number of hydrogen-bond donors (Lipinski definition) is 0. The molecule has 0 bridgehead atoms. The van der Waals surface area contributed by atoms with Crippen molar-refractivity contribution in [2.75, 3.05) is 13.2 Å². The van der Waals surface area contributed by atoms with Crippen molar-refractivity contribution in [2.24, 2.45) is 5.92 Å². The van der Waals surface area contributed by atoms with Crippen molar-refractivity contribution < 1.29 is 18.6 Å². The topological polar surface area (TPSA) is 44.8 Å². The molecule has 2 aliphatic rings. The Morgan fingerprint density at radius 1 is 0.964 bits per heavy atom. The molecule has 0 aromatic heterocycles. The molecule has 0 saturated heterocycles. The van der Waals surface area contributed by atoms with E-state index in [0.717, 1.165) is 29.5 Å². The summed E-state index contributed by atoms with van der Waals surface area (Å²) in [6, 6.07) is 13.6. The van der Waals surface area contributed by atoms with Gasteiger partial charge in [0, 0.05) is 11.4 Å². The van der Waals surface area contributed by atoms with Crippen molar-refractivity contribution in [3.05, 3.63) is 48.0 Å². The minimum absolute atomic E-state index is 0.0941. The molecule has 1 fully saturated rings. The van der Waals surface area contributed by atoms with Gasteiger partial charge in [0.25, 0.3) is 7.37 Å². The molecule has 2 atom stereocenters. The second kappa shape index (κ2) is 8.31. The van der Waals surface area contributed by atoms with Crippen LogP contribution in [0.4, 0.5) is 0 Å². The van der Waals surface area contributed by atoms with Crippen LogP contribution in [0.25, 0.3) is 0 Å². The predicted molar refractivity (Wildman–Crippen MR) is 112 cm³/mol. The monoisotopic (exact) mass is 400 g/mol. The summed E-state index contributed by atoms with van der Waals surface area (Å²) in [7, 11) is -3.22. The highest BCUT2D eigenvalue weighted by molar-refractivity contribution is 7.75. The third-order valence-corrected chi connectivity index (χ3v) is 8.33. The second-order valence-corrected chi connectivity index (χ2v) is 9.81. The molecule has 4 rings (SSSR count). The Morgan fingerprint density at radius 3 is 2.46 bits per heavy atom. The molecule has 2 aromatic carbocycles. The zero-order valence-electron chi connectivity index (χ0n) is 16.7. The summed E-state index contributed by atoms with van der Waals surface area (Å²) in [5.41, 5.74) is 1.09.